The van der Waals surface area contributed by atoms with Gasteiger partial charge in [0.15, 0.2) is 0 Å². The van der Waals surface area contributed by atoms with Crippen LogP contribution >= 0.6 is 0 Å². The first-order valence-electron chi connectivity index (χ1n) is 7.84. The molecule has 19 heavy (non-hydrogen) atoms. The summed E-state index contributed by atoms with van der Waals surface area (Å²) in [4.78, 5) is 0. The topological polar surface area (TPSA) is 46.2 Å². The summed E-state index contributed by atoms with van der Waals surface area (Å²) in [6.45, 7) is 10.1. The van der Waals surface area contributed by atoms with Crippen molar-refractivity contribution in [2.45, 2.75) is 53.4 Å². The van der Waals surface area contributed by atoms with Crippen LogP contribution in [0.15, 0.2) is 11.6 Å². The molecule has 3 atom stereocenters. The number of hydrogen-bond acceptors (Lipinski definition) is 2. The van der Waals surface area contributed by atoms with Crippen molar-refractivity contribution in [2.24, 2.45) is 34.3 Å². The molecule has 0 radical (unpaired) electrons. The summed E-state index contributed by atoms with van der Waals surface area (Å²) in [5, 5.41) is 9.88. The Kier molecular flexibility index (Phi) is 4.13. The van der Waals surface area contributed by atoms with Gasteiger partial charge in [-0.15, -0.1) is 0 Å². The smallest absolute Gasteiger partial charge is 0.0502 e. The van der Waals surface area contributed by atoms with Crippen LogP contribution in [0, 0.1) is 28.6 Å². The Hall–Kier alpha value is -0.340. The molecule has 0 saturated heterocycles. The van der Waals surface area contributed by atoms with Crippen LogP contribution in [0.5, 0.6) is 0 Å². The number of hydrogen-bond donors (Lipinski definition) is 2. The molecule has 110 valence electrons. The van der Waals surface area contributed by atoms with Crippen molar-refractivity contribution in [3.63, 3.8) is 0 Å². The fourth-order valence-electron chi connectivity index (χ4n) is 4.39. The molecule has 3 aliphatic rings. The third kappa shape index (κ3) is 2.62. The fourth-order valence-corrected chi connectivity index (χ4v) is 4.39. The van der Waals surface area contributed by atoms with Crippen LogP contribution in [0.3, 0.4) is 0 Å². The van der Waals surface area contributed by atoms with E-state index in [0.717, 1.165) is 24.7 Å². The van der Waals surface area contributed by atoms with Gasteiger partial charge >= 0.3 is 0 Å². The van der Waals surface area contributed by atoms with E-state index in [1.165, 1.54) is 12.8 Å². The molecule has 1 saturated carbocycles. The number of aliphatic hydroxyl groups excluding tert-OH is 1. The van der Waals surface area contributed by atoms with Crippen molar-refractivity contribution in [2.75, 3.05) is 13.2 Å². The van der Waals surface area contributed by atoms with Crippen molar-refractivity contribution in [1.29, 1.82) is 0 Å². The zero-order valence-corrected chi connectivity index (χ0v) is 13.1. The van der Waals surface area contributed by atoms with Gasteiger partial charge in [0.05, 0.1) is 6.61 Å². The zero-order valence-electron chi connectivity index (χ0n) is 13.1. The molecule has 0 aromatic rings. The van der Waals surface area contributed by atoms with Gasteiger partial charge in [-0.3, -0.25) is 0 Å². The molecule has 1 fully saturated rings. The molecule has 0 spiro atoms. The molecule has 1 unspecified atom stereocenters. The number of nitrogens with two attached hydrogens (primary N) is 1. The van der Waals surface area contributed by atoms with Gasteiger partial charge in [0.25, 0.3) is 0 Å². The Morgan fingerprint density at radius 3 is 2.58 bits per heavy atom. The van der Waals surface area contributed by atoms with Crippen LogP contribution < -0.4 is 5.73 Å². The lowest BCUT2D eigenvalue weighted by atomic mass is 9.47. The fraction of sp³-hybridized carbons (Fsp3) is 0.882. The second-order valence-corrected chi connectivity index (χ2v) is 7.96. The van der Waals surface area contributed by atoms with Gasteiger partial charge in [0.1, 0.15) is 0 Å². The highest BCUT2D eigenvalue weighted by atomic mass is 16.3. The molecule has 0 aromatic carbocycles. The van der Waals surface area contributed by atoms with Crippen molar-refractivity contribution in [1.82, 2.24) is 0 Å². The van der Waals surface area contributed by atoms with Crippen molar-refractivity contribution in [3.05, 3.63) is 11.6 Å². The normalized spacial score (nSPS) is 31.6. The second-order valence-electron chi connectivity index (χ2n) is 7.96. The van der Waals surface area contributed by atoms with Crippen LogP contribution in [0.2, 0.25) is 0 Å². The average Bonchev–Trinajstić information content (AvgIpc) is 2.37. The van der Waals surface area contributed by atoms with Gasteiger partial charge in [-0.25, -0.2) is 0 Å². The Morgan fingerprint density at radius 1 is 1.47 bits per heavy atom. The SMILES string of the molecule is CC(C)CC(CN)(CO)CC1=CC[C@H]2C[C@@H]1C2(C)C. The summed E-state index contributed by atoms with van der Waals surface area (Å²) >= 11 is 0. The predicted octanol–water partition coefficient (Wildman–Crippen LogP) is 3.35. The molecule has 2 heteroatoms. The first kappa shape index (κ1) is 15.1. The molecule has 0 amide bonds. The van der Waals surface area contributed by atoms with E-state index in [0.29, 0.717) is 17.9 Å². The van der Waals surface area contributed by atoms with Crippen molar-refractivity contribution < 1.29 is 5.11 Å². The van der Waals surface area contributed by atoms with Gasteiger partial charge in [-0.1, -0.05) is 39.3 Å². The Balaban J connectivity index is 2.12. The molecule has 0 heterocycles. The van der Waals surface area contributed by atoms with Crippen molar-refractivity contribution in [3.8, 4) is 0 Å². The lowest BCUT2D eigenvalue weighted by molar-refractivity contribution is -0.0156. The van der Waals surface area contributed by atoms with Crippen LogP contribution in [-0.4, -0.2) is 18.3 Å². The summed E-state index contributed by atoms with van der Waals surface area (Å²) < 4.78 is 0. The van der Waals surface area contributed by atoms with Gasteiger partial charge in [0.2, 0.25) is 0 Å². The molecular formula is C17H31NO. The first-order chi connectivity index (χ1) is 8.84. The first-order valence-corrected chi connectivity index (χ1v) is 7.84. The highest BCUT2D eigenvalue weighted by Crippen LogP contribution is 2.60. The highest BCUT2D eigenvalue weighted by Gasteiger charge is 2.51. The third-order valence-electron chi connectivity index (χ3n) is 5.77. The number of rotatable bonds is 6. The third-order valence-corrected chi connectivity index (χ3v) is 5.77. The average molecular weight is 265 g/mol. The maximum Gasteiger partial charge on any atom is 0.0502 e. The minimum Gasteiger partial charge on any atom is -0.396 e. The van der Waals surface area contributed by atoms with Crippen molar-refractivity contribution >= 4 is 0 Å². The summed E-state index contributed by atoms with van der Waals surface area (Å²) in [5.41, 5.74) is 7.97. The molecular weight excluding hydrogens is 234 g/mol. The molecule has 0 aliphatic heterocycles. The summed E-state index contributed by atoms with van der Waals surface area (Å²) in [6.07, 6.45) is 7.05. The summed E-state index contributed by atoms with van der Waals surface area (Å²) in [7, 11) is 0. The van der Waals surface area contributed by atoms with Gasteiger partial charge in [-0.05, 0) is 48.9 Å². The standard InChI is InChI=1S/C17H31NO/c1-12(2)8-17(10-18,11-19)9-13-5-6-14-7-15(13)16(14,3)4/h5,12,14-15,19H,6-11,18H2,1-4H3/t14-,15-,17?/m0/s1. The second kappa shape index (κ2) is 5.21. The van der Waals surface area contributed by atoms with E-state index in [4.69, 9.17) is 5.73 Å². The molecule has 2 nitrogen and oxygen atoms in total. The minimum atomic E-state index is -0.0987. The number of fused-ring (bicyclic) bond motifs is 1. The van der Waals surface area contributed by atoms with E-state index in [-0.39, 0.29) is 12.0 Å². The minimum absolute atomic E-state index is 0.0987. The zero-order chi connectivity index (χ0) is 14.3. The Labute approximate surface area is 118 Å². The lowest BCUT2D eigenvalue weighted by Crippen LogP contribution is -2.49. The lowest BCUT2D eigenvalue weighted by Gasteiger charge is -2.57. The Bertz CT molecular complexity index is 352. The van der Waals surface area contributed by atoms with E-state index >= 15 is 0 Å². The van der Waals surface area contributed by atoms with E-state index < -0.39 is 0 Å². The van der Waals surface area contributed by atoms with E-state index in [9.17, 15) is 5.11 Å². The summed E-state index contributed by atoms with van der Waals surface area (Å²) in [6, 6.07) is 0. The predicted molar refractivity (Wildman–Crippen MR) is 80.7 cm³/mol. The maximum atomic E-state index is 9.88. The quantitative estimate of drug-likeness (QED) is 0.723. The monoisotopic (exact) mass is 265 g/mol. The summed E-state index contributed by atoms with van der Waals surface area (Å²) in [5.74, 6) is 2.20. The molecule has 3 aliphatic carbocycles. The van der Waals surface area contributed by atoms with E-state index in [1.54, 1.807) is 5.57 Å². The molecule has 3 rings (SSSR count). The number of aliphatic hydroxyl groups is 1. The Morgan fingerprint density at radius 2 is 2.16 bits per heavy atom. The van der Waals surface area contributed by atoms with E-state index in [1.807, 2.05) is 0 Å². The largest absolute Gasteiger partial charge is 0.396 e. The molecule has 0 aromatic heterocycles. The van der Waals surface area contributed by atoms with E-state index in [2.05, 4.69) is 33.8 Å². The van der Waals surface area contributed by atoms with Gasteiger partial charge < -0.3 is 10.8 Å². The number of allylic oxidation sites excluding steroid dienone is 2. The van der Waals surface area contributed by atoms with Crippen LogP contribution in [0.25, 0.3) is 0 Å². The van der Waals surface area contributed by atoms with Crippen LogP contribution in [-0.2, 0) is 0 Å². The molecule has 3 N–H and O–H groups in total. The van der Waals surface area contributed by atoms with Gasteiger partial charge in [0, 0.05) is 12.0 Å². The maximum absolute atomic E-state index is 9.88. The molecule has 2 bridgehead atoms. The van der Waals surface area contributed by atoms with Gasteiger partial charge in [-0.2, -0.15) is 0 Å². The van der Waals surface area contributed by atoms with Crippen LogP contribution in [0.1, 0.15) is 53.4 Å². The highest BCUT2D eigenvalue weighted by molar-refractivity contribution is 5.24. The van der Waals surface area contributed by atoms with Crippen LogP contribution in [0.4, 0.5) is 0 Å².